The summed E-state index contributed by atoms with van der Waals surface area (Å²) in [6, 6.07) is 11.5. The summed E-state index contributed by atoms with van der Waals surface area (Å²) >= 11 is 0. The molecular weight excluding hydrogens is 347 g/mol. The number of hydrogen-bond acceptors (Lipinski definition) is 3. The molecule has 2 heterocycles. The number of carbonyl (C=O) groups is 3. The molecule has 138 valence electrons. The van der Waals surface area contributed by atoms with E-state index in [1.165, 1.54) is 17.0 Å². The minimum Gasteiger partial charge on any atom is -0.308 e. The molecule has 2 aromatic rings. The number of benzene rings is 2. The van der Waals surface area contributed by atoms with Gasteiger partial charge in [-0.05, 0) is 54.3 Å². The Balaban J connectivity index is 1.52. The van der Waals surface area contributed by atoms with Gasteiger partial charge in [0.25, 0.3) is 5.91 Å². The number of likely N-dealkylation sites (tertiary alicyclic amines) is 1. The van der Waals surface area contributed by atoms with E-state index in [0.29, 0.717) is 12.1 Å². The van der Waals surface area contributed by atoms with Crippen LogP contribution in [0.15, 0.2) is 42.5 Å². The second kappa shape index (κ2) is 6.95. The SMILES string of the molecule is O=C1CCC(=O)N1Cc1ccc(C(=O)N2CCCc3cc(F)ccc32)cc1. The molecule has 0 aliphatic carbocycles. The standard InChI is InChI=1S/C21H19FN2O3/c22-17-7-8-18-16(12-17)2-1-11-23(18)21(27)15-5-3-14(4-6-15)13-24-19(25)9-10-20(24)26/h3-8,12H,1-2,9-11,13H2. The molecule has 2 aliphatic heterocycles. The predicted molar refractivity (Wildman–Crippen MR) is 97.6 cm³/mol. The molecule has 1 saturated heterocycles. The summed E-state index contributed by atoms with van der Waals surface area (Å²) in [6.07, 6.45) is 2.09. The summed E-state index contributed by atoms with van der Waals surface area (Å²) in [5.74, 6) is -0.740. The zero-order chi connectivity index (χ0) is 19.0. The maximum atomic E-state index is 13.5. The molecule has 0 bridgehead atoms. The fourth-order valence-corrected chi connectivity index (χ4v) is 3.67. The molecule has 0 saturated carbocycles. The Morgan fingerprint density at radius 2 is 1.67 bits per heavy atom. The molecule has 0 atom stereocenters. The number of imide groups is 1. The second-order valence-corrected chi connectivity index (χ2v) is 6.90. The van der Waals surface area contributed by atoms with Crippen molar-refractivity contribution in [2.45, 2.75) is 32.2 Å². The first-order chi connectivity index (χ1) is 13.0. The first-order valence-corrected chi connectivity index (χ1v) is 9.05. The molecule has 5 nitrogen and oxygen atoms in total. The van der Waals surface area contributed by atoms with Crippen molar-refractivity contribution in [2.75, 3.05) is 11.4 Å². The van der Waals surface area contributed by atoms with Crippen LogP contribution in [0.3, 0.4) is 0 Å². The third kappa shape index (κ3) is 3.35. The molecule has 3 amide bonds. The predicted octanol–water partition coefficient (Wildman–Crippen LogP) is 3.07. The van der Waals surface area contributed by atoms with Gasteiger partial charge in [0.2, 0.25) is 11.8 Å². The Hall–Kier alpha value is -3.02. The van der Waals surface area contributed by atoms with Gasteiger partial charge in [-0.25, -0.2) is 4.39 Å². The van der Waals surface area contributed by atoms with Gasteiger partial charge in [-0.1, -0.05) is 12.1 Å². The zero-order valence-electron chi connectivity index (χ0n) is 14.8. The van der Waals surface area contributed by atoms with Crippen molar-refractivity contribution >= 4 is 23.4 Å². The maximum Gasteiger partial charge on any atom is 0.258 e. The van der Waals surface area contributed by atoms with Gasteiger partial charge >= 0.3 is 0 Å². The lowest BCUT2D eigenvalue weighted by Crippen LogP contribution is -2.35. The molecule has 0 radical (unpaired) electrons. The quantitative estimate of drug-likeness (QED) is 0.785. The van der Waals surface area contributed by atoms with E-state index in [2.05, 4.69) is 0 Å². The second-order valence-electron chi connectivity index (χ2n) is 6.90. The fourth-order valence-electron chi connectivity index (χ4n) is 3.67. The molecule has 1 fully saturated rings. The smallest absolute Gasteiger partial charge is 0.258 e. The third-order valence-corrected chi connectivity index (χ3v) is 5.10. The highest BCUT2D eigenvalue weighted by Gasteiger charge is 2.29. The lowest BCUT2D eigenvalue weighted by Gasteiger charge is -2.29. The third-order valence-electron chi connectivity index (χ3n) is 5.10. The van der Waals surface area contributed by atoms with E-state index in [-0.39, 0.29) is 42.9 Å². The van der Waals surface area contributed by atoms with Crippen LogP contribution in [0.2, 0.25) is 0 Å². The van der Waals surface area contributed by atoms with E-state index in [1.54, 1.807) is 35.2 Å². The van der Waals surface area contributed by atoms with Crippen molar-refractivity contribution in [1.82, 2.24) is 4.90 Å². The van der Waals surface area contributed by atoms with Crippen molar-refractivity contribution in [3.63, 3.8) is 0 Å². The number of aryl methyl sites for hydroxylation is 1. The number of fused-ring (bicyclic) bond motifs is 1. The zero-order valence-corrected chi connectivity index (χ0v) is 14.8. The van der Waals surface area contributed by atoms with E-state index >= 15 is 0 Å². The van der Waals surface area contributed by atoms with Gasteiger partial charge < -0.3 is 4.90 Å². The summed E-state index contributed by atoms with van der Waals surface area (Å²) < 4.78 is 13.5. The number of hydrogen-bond donors (Lipinski definition) is 0. The Morgan fingerprint density at radius 3 is 2.37 bits per heavy atom. The minimum absolute atomic E-state index is 0.137. The van der Waals surface area contributed by atoms with Crippen LogP contribution in [-0.4, -0.2) is 29.2 Å². The molecule has 2 aliphatic rings. The number of amides is 3. The lowest BCUT2D eigenvalue weighted by molar-refractivity contribution is -0.139. The van der Waals surface area contributed by atoms with Crippen LogP contribution in [-0.2, 0) is 22.6 Å². The van der Waals surface area contributed by atoms with Crippen molar-refractivity contribution in [3.8, 4) is 0 Å². The van der Waals surface area contributed by atoms with Crippen molar-refractivity contribution in [1.29, 1.82) is 0 Å². The maximum absolute atomic E-state index is 13.5. The fraction of sp³-hybridized carbons (Fsp3) is 0.286. The summed E-state index contributed by atoms with van der Waals surface area (Å²) in [7, 11) is 0. The van der Waals surface area contributed by atoms with Crippen molar-refractivity contribution in [2.24, 2.45) is 0 Å². The van der Waals surface area contributed by atoms with Crippen LogP contribution in [0.25, 0.3) is 0 Å². The van der Waals surface area contributed by atoms with Crippen molar-refractivity contribution < 1.29 is 18.8 Å². The van der Waals surface area contributed by atoms with Gasteiger partial charge in [0.15, 0.2) is 0 Å². The van der Waals surface area contributed by atoms with Crippen LogP contribution in [0.4, 0.5) is 10.1 Å². The number of halogens is 1. The Labute approximate surface area is 156 Å². The Kier molecular flexibility index (Phi) is 4.48. The first-order valence-electron chi connectivity index (χ1n) is 9.05. The van der Waals surface area contributed by atoms with Gasteiger partial charge in [0.05, 0.1) is 6.54 Å². The molecule has 6 heteroatoms. The molecular formula is C21H19FN2O3. The van der Waals surface area contributed by atoms with E-state index < -0.39 is 0 Å². The van der Waals surface area contributed by atoms with Crippen LogP contribution < -0.4 is 4.90 Å². The lowest BCUT2D eigenvalue weighted by atomic mass is 10.0. The highest BCUT2D eigenvalue weighted by molar-refractivity contribution is 6.06. The number of nitrogens with zero attached hydrogens (tertiary/aromatic N) is 2. The molecule has 0 spiro atoms. The molecule has 0 aromatic heterocycles. The highest BCUT2D eigenvalue weighted by atomic mass is 19.1. The van der Waals surface area contributed by atoms with Gasteiger partial charge in [0, 0.05) is 30.6 Å². The van der Waals surface area contributed by atoms with Crippen LogP contribution in [0.5, 0.6) is 0 Å². The first kappa shape index (κ1) is 17.4. The molecule has 0 unspecified atom stereocenters. The topological polar surface area (TPSA) is 57.7 Å². The van der Waals surface area contributed by atoms with E-state index in [0.717, 1.165) is 29.7 Å². The normalized spacial score (nSPS) is 16.6. The number of rotatable bonds is 3. The molecule has 27 heavy (non-hydrogen) atoms. The van der Waals surface area contributed by atoms with Gasteiger partial charge in [-0.2, -0.15) is 0 Å². The highest BCUT2D eigenvalue weighted by Crippen LogP contribution is 2.29. The molecule has 0 N–H and O–H groups in total. The number of carbonyl (C=O) groups excluding carboxylic acids is 3. The van der Waals surface area contributed by atoms with Crippen molar-refractivity contribution in [3.05, 3.63) is 65.0 Å². The summed E-state index contributed by atoms with van der Waals surface area (Å²) in [5.41, 5.74) is 2.92. The minimum atomic E-state index is -0.293. The summed E-state index contributed by atoms with van der Waals surface area (Å²) in [4.78, 5) is 39.3. The van der Waals surface area contributed by atoms with Crippen LogP contribution in [0, 0.1) is 5.82 Å². The number of anilines is 1. The molecule has 4 rings (SSSR count). The largest absolute Gasteiger partial charge is 0.308 e. The molecule has 2 aromatic carbocycles. The van der Waals surface area contributed by atoms with E-state index in [9.17, 15) is 18.8 Å². The van der Waals surface area contributed by atoms with Crippen LogP contribution >= 0.6 is 0 Å². The van der Waals surface area contributed by atoms with Crippen LogP contribution in [0.1, 0.15) is 40.7 Å². The van der Waals surface area contributed by atoms with Gasteiger partial charge in [-0.15, -0.1) is 0 Å². The van der Waals surface area contributed by atoms with E-state index in [4.69, 9.17) is 0 Å². The van der Waals surface area contributed by atoms with Gasteiger partial charge in [0.1, 0.15) is 5.82 Å². The monoisotopic (exact) mass is 366 g/mol. The van der Waals surface area contributed by atoms with Gasteiger partial charge in [-0.3, -0.25) is 19.3 Å². The average molecular weight is 366 g/mol. The Morgan fingerprint density at radius 1 is 0.963 bits per heavy atom. The average Bonchev–Trinajstić information content (AvgIpc) is 2.99. The van der Waals surface area contributed by atoms with E-state index in [1.807, 2.05) is 0 Å². The summed E-state index contributed by atoms with van der Waals surface area (Å²) in [5, 5.41) is 0. The Bertz CT molecular complexity index is 908. The summed E-state index contributed by atoms with van der Waals surface area (Å²) in [6.45, 7) is 0.827.